The van der Waals surface area contributed by atoms with Crippen molar-refractivity contribution >= 4 is 28.3 Å². The summed E-state index contributed by atoms with van der Waals surface area (Å²) in [7, 11) is 0. The number of hydrogen-bond acceptors (Lipinski definition) is 6. The summed E-state index contributed by atoms with van der Waals surface area (Å²) in [5.41, 5.74) is 6.20. The summed E-state index contributed by atoms with van der Waals surface area (Å²) < 4.78 is 6.04. The van der Waals surface area contributed by atoms with E-state index in [4.69, 9.17) is 15.7 Å². The normalized spacial score (nSPS) is 9.95. The molecule has 106 valence electrons. The van der Waals surface area contributed by atoms with Gasteiger partial charge in [-0.25, -0.2) is 0 Å². The van der Waals surface area contributed by atoms with Crippen LogP contribution >= 0.6 is 22.6 Å². The summed E-state index contributed by atoms with van der Waals surface area (Å²) in [6.07, 6.45) is 3.03. The average Bonchev–Trinajstić information content (AvgIpc) is 2.49. The van der Waals surface area contributed by atoms with E-state index in [1.54, 1.807) is 12.3 Å². The Hall–Kier alpha value is -2.25. The fourth-order valence-electron chi connectivity index (χ4n) is 1.63. The first-order chi connectivity index (χ1) is 10.0. The number of nitro benzene ring substituents is 1. The lowest BCUT2D eigenvalue weighted by molar-refractivity contribution is -0.385. The monoisotopic (exact) mass is 396 g/mol. The number of rotatable bonds is 4. The number of nitriles is 1. The van der Waals surface area contributed by atoms with Crippen molar-refractivity contribution in [2.24, 2.45) is 5.73 Å². The molecule has 7 nitrogen and oxygen atoms in total. The van der Waals surface area contributed by atoms with Crippen LogP contribution in [0.3, 0.4) is 0 Å². The Morgan fingerprint density at radius 2 is 2.19 bits per heavy atom. The fraction of sp³-hybridized carbons (Fsp3) is 0.0769. The first kappa shape index (κ1) is 15.1. The van der Waals surface area contributed by atoms with Crippen LogP contribution in [0.25, 0.3) is 0 Å². The van der Waals surface area contributed by atoms with Crippen molar-refractivity contribution in [1.82, 2.24) is 4.98 Å². The van der Waals surface area contributed by atoms with Gasteiger partial charge >= 0.3 is 5.69 Å². The zero-order valence-electron chi connectivity index (χ0n) is 10.6. The predicted molar refractivity (Wildman–Crippen MR) is 82.7 cm³/mol. The second-order valence-corrected chi connectivity index (χ2v) is 5.17. The van der Waals surface area contributed by atoms with Gasteiger partial charge in [-0.05, 0) is 40.3 Å². The van der Waals surface area contributed by atoms with Crippen molar-refractivity contribution in [2.75, 3.05) is 0 Å². The molecule has 0 spiro atoms. The van der Waals surface area contributed by atoms with Crippen LogP contribution in [0, 0.1) is 25.0 Å². The van der Waals surface area contributed by atoms with E-state index in [2.05, 4.69) is 4.98 Å². The van der Waals surface area contributed by atoms with Gasteiger partial charge in [0, 0.05) is 18.8 Å². The Morgan fingerprint density at radius 3 is 2.81 bits per heavy atom. The summed E-state index contributed by atoms with van der Waals surface area (Å²) in [5.74, 6) is 0.430. The molecular weight excluding hydrogens is 387 g/mol. The van der Waals surface area contributed by atoms with Crippen molar-refractivity contribution in [3.63, 3.8) is 0 Å². The van der Waals surface area contributed by atoms with Gasteiger partial charge < -0.3 is 10.5 Å². The zero-order valence-corrected chi connectivity index (χ0v) is 12.8. The van der Waals surface area contributed by atoms with E-state index in [9.17, 15) is 10.1 Å². The third-order valence-corrected chi connectivity index (χ3v) is 3.38. The summed E-state index contributed by atoms with van der Waals surface area (Å²) >= 11 is 1.89. The number of nitro groups is 1. The van der Waals surface area contributed by atoms with Crippen LogP contribution in [-0.2, 0) is 6.54 Å². The summed E-state index contributed by atoms with van der Waals surface area (Å²) in [6.45, 7) is 0.288. The third kappa shape index (κ3) is 3.45. The third-order valence-electron chi connectivity index (χ3n) is 2.58. The van der Waals surface area contributed by atoms with Gasteiger partial charge in [0.25, 0.3) is 0 Å². The predicted octanol–water partition coefficient (Wildman–Crippen LogP) is 2.72. The molecule has 1 aromatic heterocycles. The number of nitrogens with zero attached hydrogens (tertiary/aromatic N) is 3. The molecule has 0 aliphatic heterocycles. The molecule has 2 rings (SSSR count). The van der Waals surface area contributed by atoms with Gasteiger partial charge in [-0.15, -0.1) is 0 Å². The lowest BCUT2D eigenvalue weighted by atomic mass is 10.2. The molecule has 0 aliphatic carbocycles. The zero-order chi connectivity index (χ0) is 15.4. The number of halogens is 1. The van der Waals surface area contributed by atoms with Crippen LogP contribution in [0.5, 0.6) is 11.5 Å². The maximum atomic E-state index is 11.1. The summed E-state index contributed by atoms with van der Waals surface area (Å²) in [5, 5.41) is 20.0. The van der Waals surface area contributed by atoms with Crippen molar-refractivity contribution in [3.8, 4) is 17.6 Å². The fourth-order valence-corrected chi connectivity index (χ4v) is 2.35. The molecule has 2 N–H and O–H groups in total. The highest BCUT2D eigenvalue weighted by Gasteiger charge is 2.21. The quantitative estimate of drug-likeness (QED) is 0.483. The van der Waals surface area contributed by atoms with Crippen LogP contribution in [0.15, 0.2) is 30.6 Å². The molecule has 0 bridgehead atoms. The highest BCUT2D eigenvalue weighted by molar-refractivity contribution is 14.1. The first-order valence-electron chi connectivity index (χ1n) is 5.75. The maximum absolute atomic E-state index is 11.1. The van der Waals surface area contributed by atoms with Gasteiger partial charge in [0.2, 0.25) is 5.75 Å². The Labute approximate surface area is 133 Å². The summed E-state index contributed by atoms with van der Waals surface area (Å²) in [4.78, 5) is 14.5. The van der Waals surface area contributed by atoms with Gasteiger partial charge in [-0.2, -0.15) is 5.26 Å². The molecule has 0 saturated heterocycles. The molecule has 0 amide bonds. The topological polar surface area (TPSA) is 115 Å². The van der Waals surface area contributed by atoms with Crippen LogP contribution < -0.4 is 10.5 Å². The van der Waals surface area contributed by atoms with E-state index in [1.165, 1.54) is 18.3 Å². The number of benzene rings is 1. The Morgan fingerprint density at radius 1 is 1.43 bits per heavy atom. The van der Waals surface area contributed by atoms with Crippen molar-refractivity contribution in [3.05, 3.63) is 55.4 Å². The Bertz CT molecular complexity index is 743. The highest BCUT2D eigenvalue weighted by atomic mass is 127. The van der Waals surface area contributed by atoms with Gasteiger partial charge in [-0.3, -0.25) is 15.1 Å². The minimum absolute atomic E-state index is 0.0792. The highest BCUT2D eigenvalue weighted by Crippen LogP contribution is 2.36. The summed E-state index contributed by atoms with van der Waals surface area (Å²) in [6, 6.07) is 6.23. The molecule has 1 heterocycles. The van der Waals surface area contributed by atoms with Crippen molar-refractivity contribution in [2.45, 2.75) is 6.54 Å². The second kappa shape index (κ2) is 6.47. The van der Waals surface area contributed by atoms with E-state index < -0.39 is 4.92 Å². The molecule has 0 aliphatic rings. The molecule has 1 aromatic carbocycles. The van der Waals surface area contributed by atoms with Crippen LogP contribution in [0.2, 0.25) is 0 Å². The van der Waals surface area contributed by atoms with Crippen LogP contribution in [-0.4, -0.2) is 9.91 Å². The Kier molecular flexibility index (Phi) is 4.66. The van der Waals surface area contributed by atoms with E-state index in [0.717, 1.165) is 5.56 Å². The largest absolute Gasteiger partial charge is 0.447 e. The van der Waals surface area contributed by atoms with E-state index in [0.29, 0.717) is 9.32 Å². The van der Waals surface area contributed by atoms with Gasteiger partial charge in [0.05, 0.1) is 26.3 Å². The molecule has 8 heteroatoms. The number of ether oxygens (including phenoxy) is 1. The molecule has 0 radical (unpaired) electrons. The van der Waals surface area contributed by atoms with Gasteiger partial charge in [-0.1, -0.05) is 0 Å². The van der Waals surface area contributed by atoms with E-state index in [1.807, 2.05) is 28.7 Å². The molecule has 0 saturated carbocycles. The molecule has 0 atom stereocenters. The number of pyridine rings is 1. The smallest absolute Gasteiger partial charge is 0.314 e. The first-order valence-corrected chi connectivity index (χ1v) is 6.83. The maximum Gasteiger partial charge on any atom is 0.314 e. The molecule has 2 aromatic rings. The SMILES string of the molecule is N#Cc1cc(I)c(Oc2cncc(CN)c2)c([N+](=O)[O-])c1. The Balaban J connectivity index is 2.48. The molecule has 0 unspecified atom stereocenters. The number of hydrogen-bond donors (Lipinski definition) is 1. The number of aromatic nitrogens is 1. The molecular formula is C13H9IN4O3. The average molecular weight is 396 g/mol. The standard InChI is InChI=1S/C13H9IN4O3/c14-11-2-8(4-15)3-12(18(19)20)13(11)21-10-1-9(5-16)6-17-7-10/h1-3,6-7H,5,16H2. The lowest BCUT2D eigenvalue weighted by Crippen LogP contribution is -2.00. The number of nitrogens with two attached hydrogens (primary N) is 1. The minimum Gasteiger partial charge on any atom is -0.447 e. The molecule has 21 heavy (non-hydrogen) atoms. The van der Waals surface area contributed by atoms with Crippen LogP contribution in [0.4, 0.5) is 5.69 Å². The van der Waals surface area contributed by atoms with Crippen LogP contribution in [0.1, 0.15) is 11.1 Å². The van der Waals surface area contributed by atoms with Gasteiger partial charge in [0.15, 0.2) is 0 Å². The lowest BCUT2D eigenvalue weighted by Gasteiger charge is -2.09. The second-order valence-electron chi connectivity index (χ2n) is 4.01. The van der Waals surface area contributed by atoms with Crippen molar-refractivity contribution in [1.29, 1.82) is 5.26 Å². The minimum atomic E-state index is -0.585. The van der Waals surface area contributed by atoms with Gasteiger partial charge in [0.1, 0.15) is 5.75 Å². The van der Waals surface area contributed by atoms with Crippen molar-refractivity contribution < 1.29 is 9.66 Å². The van der Waals surface area contributed by atoms with E-state index in [-0.39, 0.29) is 23.5 Å². The van der Waals surface area contributed by atoms with E-state index >= 15 is 0 Å². The molecule has 0 fully saturated rings.